The number of nitrogens with one attached hydrogen (secondary N) is 1. The lowest BCUT2D eigenvalue weighted by Gasteiger charge is -2.06. The highest BCUT2D eigenvalue weighted by Gasteiger charge is 2.33. The summed E-state index contributed by atoms with van der Waals surface area (Å²) in [6, 6.07) is 34.0. The van der Waals surface area contributed by atoms with Crippen molar-refractivity contribution >= 4 is 21.5 Å². The van der Waals surface area contributed by atoms with E-state index in [0.29, 0.717) is 38.7 Å². The molecule has 1 N–H and O–H groups in total. The van der Waals surface area contributed by atoms with Crippen LogP contribution in [0, 0.1) is 10.1 Å². The molecule has 0 saturated carbocycles. The van der Waals surface area contributed by atoms with Gasteiger partial charge in [0.2, 0.25) is 9.84 Å². The highest BCUT2D eigenvalue weighted by Crippen LogP contribution is 2.45. The second-order valence-corrected chi connectivity index (χ2v) is 12.0. The van der Waals surface area contributed by atoms with Crippen molar-refractivity contribution in [2.45, 2.75) is 9.79 Å². The molecule has 0 spiro atoms. The number of aromatic amines is 1. The number of fused-ring (bicyclic) bond motifs is 3. The SMILES string of the molecule is O=C(Oc1ccc(-c2nc(-c3ccc4c(c3)S(=O)(=O)c3ccccc3-4)c(-c3ccccc3)[nH]2)cc1)c1cccc([N+](=O)[O-])c1. The van der Waals surface area contributed by atoms with Crippen LogP contribution in [0.2, 0.25) is 0 Å². The Balaban J connectivity index is 1.24. The lowest BCUT2D eigenvalue weighted by atomic mass is 10.0. The Kier molecular flexibility index (Phi) is 6.41. The van der Waals surface area contributed by atoms with Gasteiger partial charge in [-0.25, -0.2) is 18.2 Å². The predicted molar refractivity (Wildman–Crippen MR) is 164 cm³/mol. The fraction of sp³-hybridized carbons (Fsp3) is 0. The number of imidazole rings is 1. The van der Waals surface area contributed by atoms with Gasteiger partial charge in [0.15, 0.2) is 0 Å². The zero-order valence-corrected chi connectivity index (χ0v) is 23.6. The Bertz CT molecular complexity index is 2210. The van der Waals surface area contributed by atoms with Crippen LogP contribution in [0.5, 0.6) is 5.75 Å². The number of aromatic nitrogens is 2. The number of rotatable bonds is 6. The zero-order chi connectivity index (χ0) is 30.4. The Hall–Kier alpha value is -5.87. The van der Waals surface area contributed by atoms with Gasteiger partial charge >= 0.3 is 5.97 Å². The van der Waals surface area contributed by atoms with E-state index in [0.717, 1.165) is 17.3 Å². The quantitative estimate of drug-likeness (QED) is 0.0914. The molecule has 0 bridgehead atoms. The molecule has 1 aliphatic heterocycles. The van der Waals surface area contributed by atoms with Crippen LogP contribution in [0.15, 0.2) is 131 Å². The van der Waals surface area contributed by atoms with Crippen LogP contribution in [0.3, 0.4) is 0 Å². The Morgan fingerprint density at radius 1 is 0.727 bits per heavy atom. The Morgan fingerprint density at radius 3 is 2.20 bits per heavy atom. The largest absolute Gasteiger partial charge is 0.423 e. The predicted octanol–water partition coefficient (Wildman–Crippen LogP) is 7.35. The first-order valence-corrected chi connectivity index (χ1v) is 15.0. The van der Waals surface area contributed by atoms with Crippen LogP contribution in [0.25, 0.3) is 45.0 Å². The number of esters is 1. The van der Waals surface area contributed by atoms with Crippen molar-refractivity contribution < 1.29 is 22.9 Å². The minimum absolute atomic E-state index is 0.0610. The molecule has 0 unspecified atom stereocenters. The number of nitro groups is 1. The molecular formula is C34H21N3O6S. The molecule has 1 aromatic heterocycles. The molecule has 0 aliphatic carbocycles. The van der Waals surface area contributed by atoms with Gasteiger partial charge in [-0.2, -0.15) is 0 Å². The topological polar surface area (TPSA) is 132 Å². The van der Waals surface area contributed by atoms with Gasteiger partial charge in [0.25, 0.3) is 5.69 Å². The molecule has 5 aromatic carbocycles. The van der Waals surface area contributed by atoms with E-state index in [-0.39, 0.29) is 21.9 Å². The summed E-state index contributed by atoms with van der Waals surface area (Å²) in [6.45, 7) is 0. The third-order valence-corrected chi connectivity index (χ3v) is 9.26. The van der Waals surface area contributed by atoms with Crippen LogP contribution >= 0.6 is 0 Å². The standard InChI is InChI=1S/C34H21N3O6S/c38-34(24-9-6-10-25(19-24)37(39)40)43-26-16-13-22(14-17-26)33-35-31(21-7-2-1-3-8-21)32(36-33)23-15-18-28-27-11-4-5-12-29(27)44(41,42)30(28)20-23/h1-20H,(H,35,36). The molecule has 1 aliphatic rings. The molecule has 214 valence electrons. The number of sulfone groups is 1. The maximum atomic E-state index is 13.4. The number of benzene rings is 5. The molecule has 9 nitrogen and oxygen atoms in total. The van der Waals surface area contributed by atoms with Crippen molar-refractivity contribution in [1.29, 1.82) is 0 Å². The van der Waals surface area contributed by atoms with E-state index in [9.17, 15) is 23.3 Å². The molecule has 44 heavy (non-hydrogen) atoms. The molecule has 7 rings (SSSR count). The zero-order valence-electron chi connectivity index (χ0n) is 22.8. The van der Waals surface area contributed by atoms with Gasteiger partial charge in [0, 0.05) is 39.9 Å². The van der Waals surface area contributed by atoms with Crippen LogP contribution in [0.4, 0.5) is 5.69 Å². The lowest BCUT2D eigenvalue weighted by Crippen LogP contribution is -2.08. The number of non-ortho nitro benzene ring substituents is 1. The minimum Gasteiger partial charge on any atom is -0.423 e. The lowest BCUT2D eigenvalue weighted by molar-refractivity contribution is -0.384. The van der Waals surface area contributed by atoms with Crippen molar-refractivity contribution in [3.8, 4) is 50.8 Å². The average molecular weight is 600 g/mol. The summed E-state index contributed by atoms with van der Waals surface area (Å²) in [7, 11) is -3.67. The van der Waals surface area contributed by atoms with Gasteiger partial charge in [-0.15, -0.1) is 0 Å². The molecule has 6 aromatic rings. The van der Waals surface area contributed by atoms with E-state index < -0.39 is 20.7 Å². The fourth-order valence-electron chi connectivity index (χ4n) is 5.28. The van der Waals surface area contributed by atoms with Crippen molar-refractivity contribution in [1.82, 2.24) is 9.97 Å². The van der Waals surface area contributed by atoms with E-state index in [2.05, 4.69) is 4.98 Å². The molecule has 0 saturated heterocycles. The van der Waals surface area contributed by atoms with Gasteiger partial charge < -0.3 is 9.72 Å². The molecule has 10 heteroatoms. The van der Waals surface area contributed by atoms with Crippen LogP contribution < -0.4 is 4.74 Å². The first-order valence-electron chi connectivity index (χ1n) is 13.5. The summed E-state index contributed by atoms with van der Waals surface area (Å²) < 4.78 is 32.2. The van der Waals surface area contributed by atoms with Crippen molar-refractivity contribution in [2.75, 3.05) is 0 Å². The summed E-state index contributed by atoms with van der Waals surface area (Å²) in [5.41, 5.74) is 4.72. The van der Waals surface area contributed by atoms with E-state index in [1.807, 2.05) is 54.6 Å². The number of nitrogens with zero attached hydrogens (tertiary/aromatic N) is 2. The van der Waals surface area contributed by atoms with Gasteiger partial charge in [0.1, 0.15) is 11.6 Å². The number of hydrogen-bond donors (Lipinski definition) is 1. The number of carbonyl (C=O) groups is 1. The summed E-state index contributed by atoms with van der Waals surface area (Å²) in [6.07, 6.45) is 0. The van der Waals surface area contributed by atoms with Gasteiger partial charge in [-0.3, -0.25) is 10.1 Å². The molecule has 2 heterocycles. The van der Waals surface area contributed by atoms with E-state index in [1.165, 1.54) is 18.2 Å². The third kappa shape index (κ3) is 4.63. The minimum atomic E-state index is -3.67. The smallest absolute Gasteiger partial charge is 0.343 e. The van der Waals surface area contributed by atoms with Gasteiger partial charge in [-0.1, -0.05) is 66.7 Å². The first-order chi connectivity index (χ1) is 21.3. The molecule has 0 fully saturated rings. The van der Waals surface area contributed by atoms with Crippen LogP contribution in [-0.2, 0) is 9.84 Å². The summed E-state index contributed by atoms with van der Waals surface area (Å²) in [5.74, 6) is 0.0626. The molecule has 0 radical (unpaired) electrons. The van der Waals surface area contributed by atoms with Gasteiger partial charge in [0.05, 0.1) is 31.7 Å². The fourth-order valence-corrected chi connectivity index (χ4v) is 6.99. The molecule has 0 atom stereocenters. The van der Waals surface area contributed by atoms with Crippen molar-refractivity contribution in [2.24, 2.45) is 0 Å². The van der Waals surface area contributed by atoms with Crippen LogP contribution in [-0.4, -0.2) is 29.3 Å². The van der Waals surface area contributed by atoms with Gasteiger partial charge in [-0.05, 0) is 42.5 Å². The second kappa shape index (κ2) is 10.4. The monoisotopic (exact) mass is 599 g/mol. The number of H-pyrrole nitrogens is 1. The second-order valence-electron chi connectivity index (χ2n) is 10.1. The normalized spacial score (nSPS) is 12.7. The van der Waals surface area contributed by atoms with Crippen LogP contribution in [0.1, 0.15) is 10.4 Å². The molecular weight excluding hydrogens is 578 g/mol. The number of ether oxygens (including phenoxy) is 1. The highest BCUT2D eigenvalue weighted by atomic mass is 32.2. The average Bonchev–Trinajstić information content (AvgIpc) is 3.59. The van der Waals surface area contributed by atoms with E-state index >= 15 is 0 Å². The number of nitro benzene ring substituents is 1. The Labute approximate surface area is 251 Å². The molecule has 0 amide bonds. The number of hydrogen-bond acceptors (Lipinski definition) is 7. The number of carbonyl (C=O) groups excluding carboxylic acids is 1. The Morgan fingerprint density at radius 2 is 1.43 bits per heavy atom. The third-order valence-electron chi connectivity index (χ3n) is 7.41. The van der Waals surface area contributed by atoms with E-state index in [1.54, 1.807) is 42.5 Å². The van der Waals surface area contributed by atoms with Crippen molar-refractivity contribution in [3.63, 3.8) is 0 Å². The summed E-state index contributed by atoms with van der Waals surface area (Å²) in [5, 5.41) is 11.1. The van der Waals surface area contributed by atoms with E-state index in [4.69, 9.17) is 9.72 Å². The maximum absolute atomic E-state index is 13.4. The maximum Gasteiger partial charge on any atom is 0.343 e. The first kappa shape index (κ1) is 27.0. The summed E-state index contributed by atoms with van der Waals surface area (Å²) in [4.78, 5) is 31.9. The highest BCUT2D eigenvalue weighted by molar-refractivity contribution is 7.92. The summed E-state index contributed by atoms with van der Waals surface area (Å²) >= 11 is 0. The van der Waals surface area contributed by atoms with Crippen molar-refractivity contribution in [3.05, 3.63) is 137 Å².